The Balaban J connectivity index is 1.76. The summed E-state index contributed by atoms with van der Waals surface area (Å²) in [4.78, 5) is 9.72. The molecule has 1 saturated carbocycles. The number of rotatable bonds is 4. The first-order valence-corrected chi connectivity index (χ1v) is 7.90. The molecule has 2 aromatic rings. The van der Waals surface area contributed by atoms with Gasteiger partial charge in [-0.05, 0) is 42.3 Å². The quantitative estimate of drug-likeness (QED) is 0.525. The summed E-state index contributed by atoms with van der Waals surface area (Å²) in [5.74, 6) is 2.27. The molecule has 0 saturated heterocycles. The van der Waals surface area contributed by atoms with E-state index in [4.69, 9.17) is 10.6 Å². The van der Waals surface area contributed by atoms with E-state index in [2.05, 4.69) is 25.7 Å². The molecular weight excluding hydrogens is 294 g/mol. The Morgan fingerprint density at radius 2 is 2.17 bits per heavy atom. The third-order valence-electron chi connectivity index (χ3n) is 4.01. The topological polar surface area (TPSA) is 104 Å². The van der Waals surface area contributed by atoms with E-state index in [1.54, 1.807) is 10.7 Å². The zero-order valence-corrected chi connectivity index (χ0v) is 13.2. The first kappa shape index (κ1) is 15.4. The second kappa shape index (κ2) is 7.17. The molecule has 0 spiro atoms. The fraction of sp³-hybridized carbons (Fsp3) is 0.533. The van der Waals surface area contributed by atoms with Crippen LogP contribution in [-0.4, -0.2) is 31.0 Å². The van der Waals surface area contributed by atoms with Crippen molar-refractivity contribution in [2.45, 2.75) is 45.6 Å². The minimum absolute atomic E-state index is 0.266. The molecule has 2 heterocycles. The normalized spacial score (nSPS) is 16.5. The van der Waals surface area contributed by atoms with Gasteiger partial charge >= 0.3 is 0 Å². The molecule has 0 amide bonds. The lowest BCUT2D eigenvalue weighted by Gasteiger charge is -2.22. The Bertz CT molecular complexity index is 676. The average Bonchev–Trinajstić information content (AvgIpc) is 2.98. The molecule has 8 heteroatoms. The highest BCUT2D eigenvalue weighted by Crippen LogP contribution is 2.25. The largest absolute Gasteiger partial charge is 0.388 e. The van der Waals surface area contributed by atoms with Gasteiger partial charge in [0, 0.05) is 5.92 Å². The van der Waals surface area contributed by atoms with Crippen molar-refractivity contribution in [3.05, 3.63) is 29.7 Å². The Kier molecular flexibility index (Phi) is 4.80. The van der Waals surface area contributed by atoms with Crippen LogP contribution in [0.3, 0.4) is 0 Å². The number of nitrogen functional groups attached to an aromatic ring is 1. The van der Waals surface area contributed by atoms with Crippen LogP contribution in [0.25, 0.3) is 0 Å². The Morgan fingerprint density at radius 1 is 1.35 bits per heavy atom. The first-order chi connectivity index (χ1) is 11.2. The molecule has 8 nitrogen and oxygen atoms in total. The van der Waals surface area contributed by atoms with Gasteiger partial charge in [-0.1, -0.05) is 30.5 Å². The number of tetrazole rings is 1. The number of aromatic nitrogens is 5. The van der Waals surface area contributed by atoms with Gasteiger partial charge < -0.3 is 10.6 Å². The van der Waals surface area contributed by atoms with E-state index in [9.17, 15) is 0 Å². The SMILES string of the molecule is Cc1nnnn1C(=NOCc1cccc(N)n1)C1CCCCC1. The summed E-state index contributed by atoms with van der Waals surface area (Å²) in [7, 11) is 0. The number of hydrogen-bond acceptors (Lipinski definition) is 7. The van der Waals surface area contributed by atoms with Gasteiger partial charge in [-0.25, -0.2) is 4.98 Å². The van der Waals surface area contributed by atoms with Crippen LogP contribution >= 0.6 is 0 Å². The minimum Gasteiger partial charge on any atom is -0.388 e. The number of aryl methyl sites for hydroxylation is 1. The number of hydrogen-bond donors (Lipinski definition) is 1. The second-order valence-corrected chi connectivity index (χ2v) is 5.75. The molecule has 1 fully saturated rings. The number of oxime groups is 1. The van der Waals surface area contributed by atoms with Gasteiger partial charge in [-0.2, -0.15) is 4.68 Å². The second-order valence-electron chi connectivity index (χ2n) is 5.75. The number of nitrogens with zero attached hydrogens (tertiary/aromatic N) is 6. The fourth-order valence-corrected chi connectivity index (χ4v) is 2.83. The minimum atomic E-state index is 0.266. The molecule has 3 rings (SSSR count). The summed E-state index contributed by atoms with van der Waals surface area (Å²) in [6, 6.07) is 5.44. The highest BCUT2D eigenvalue weighted by Gasteiger charge is 2.24. The van der Waals surface area contributed by atoms with E-state index in [0.29, 0.717) is 17.6 Å². The molecule has 23 heavy (non-hydrogen) atoms. The van der Waals surface area contributed by atoms with Crippen LogP contribution in [0, 0.1) is 12.8 Å². The summed E-state index contributed by atoms with van der Waals surface area (Å²) in [6.45, 7) is 2.13. The van der Waals surface area contributed by atoms with Crippen molar-refractivity contribution in [3.63, 3.8) is 0 Å². The van der Waals surface area contributed by atoms with Crippen molar-refractivity contribution in [3.8, 4) is 0 Å². The van der Waals surface area contributed by atoms with E-state index in [1.807, 2.05) is 19.1 Å². The highest BCUT2D eigenvalue weighted by atomic mass is 16.6. The van der Waals surface area contributed by atoms with Gasteiger partial charge in [0.15, 0.2) is 18.3 Å². The molecular formula is C15H21N7O. The summed E-state index contributed by atoms with van der Waals surface area (Å²) in [5.41, 5.74) is 6.41. The van der Waals surface area contributed by atoms with E-state index >= 15 is 0 Å². The van der Waals surface area contributed by atoms with Crippen molar-refractivity contribution in [1.82, 2.24) is 25.2 Å². The van der Waals surface area contributed by atoms with E-state index in [1.165, 1.54) is 19.3 Å². The highest BCUT2D eigenvalue weighted by molar-refractivity contribution is 5.85. The van der Waals surface area contributed by atoms with Crippen LogP contribution in [0.5, 0.6) is 0 Å². The molecule has 0 aliphatic heterocycles. The standard InChI is InChI=1S/C15H21N7O/c1-11-18-20-21-22(11)15(12-6-3-2-4-7-12)19-23-10-13-8-5-9-14(16)17-13/h5,8-9,12H,2-4,6-7,10H2,1H3,(H2,16,17). The lowest BCUT2D eigenvalue weighted by atomic mass is 9.88. The average molecular weight is 315 g/mol. The Morgan fingerprint density at radius 3 is 2.87 bits per heavy atom. The summed E-state index contributed by atoms with van der Waals surface area (Å²) < 4.78 is 1.67. The van der Waals surface area contributed by atoms with Gasteiger partial charge in [0.05, 0.1) is 5.69 Å². The van der Waals surface area contributed by atoms with Crippen molar-refractivity contribution in [2.75, 3.05) is 5.73 Å². The smallest absolute Gasteiger partial charge is 0.176 e. The molecule has 1 aliphatic rings. The monoisotopic (exact) mass is 315 g/mol. The molecule has 0 bridgehead atoms. The molecule has 2 N–H and O–H groups in total. The van der Waals surface area contributed by atoms with Gasteiger partial charge in [0.1, 0.15) is 5.82 Å². The Labute approximate surface area is 134 Å². The van der Waals surface area contributed by atoms with Crippen molar-refractivity contribution < 1.29 is 4.84 Å². The number of nitrogens with two attached hydrogens (primary N) is 1. The van der Waals surface area contributed by atoms with E-state index < -0.39 is 0 Å². The lowest BCUT2D eigenvalue weighted by molar-refractivity contribution is 0.124. The van der Waals surface area contributed by atoms with Crippen molar-refractivity contribution in [2.24, 2.45) is 11.1 Å². The van der Waals surface area contributed by atoms with Gasteiger partial charge in [0.2, 0.25) is 0 Å². The summed E-state index contributed by atoms with van der Waals surface area (Å²) in [5, 5.41) is 16.0. The molecule has 2 aromatic heterocycles. The Hall–Kier alpha value is -2.51. The van der Waals surface area contributed by atoms with Gasteiger partial charge in [-0.3, -0.25) is 0 Å². The maximum absolute atomic E-state index is 5.67. The first-order valence-electron chi connectivity index (χ1n) is 7.90. The van der Waals surface area contributed by atoms with Crippen molar-refractivity contribution >= 4 is 11.7 Å². The van der Waals surface area contributed by atoms with Crippen LogP contribution in [0.2, 0.25) is 0 Å². The number of anilines is 1. The van der Waals surface area contributed by atoms with Crippen LogP contribution in [0.4, 0.5) is 5.82 Å². The maximum atomic E-state index is 5.67. The van der Waals surface area contributed by atoms with Crippen LogP contribution < -0.4 is 5.73 Å². The zero-order chi connectivity index (χ0) is 16.1. The number of pyridine rings is 1. The molecule has 0 aromatic carbocycles. The van der Waals surface area contributed by atoms with Gasteiger partial charge in [0.25, 0.3) is 0 Å². The van der Waals surface area contributed by atoms with Crippen LogP contribution in [0.15, 0.2) is 23.4 Å². The lowest BCUT2D eigenvalue weighted by Crippen LogP contribution is -2.27. The molecule has 122 valence electrons. The predicted molar refractivity (Wildman–Crippen MR) is 85.4 cm³/mol. The van der Waals surface area contributed by atoms with E-state index in [0.717, 1.165) is 24.4 Å². The van der Waals surface area contributed by atoms with E-state index in [-0.39, 0.29) is 6.61 Å². The zero-order valence-electron chi connectivity index (χ0n) is 13.2. The summed E-state index contributed by atoms with van der Waals surface area (Å²) in [6.07, 6.45) is 5.83. The molecule has 1 aliphatic carbocycles. The molecule has 0 unspecified atom stereocenters. The van der Waals surface area contributed by atoms with Crippen molar-refractivity contribution in [1.29, 1.82) is 0 Å². The maximum Gasteiger partial charge on any atom is 0.176 e. The third kappa shape index (κ3) is 3.82. The predicted octanol–water partition coefficient (Wildman–Crippen LogP) is 1.92. The molecule has 0 atom stereocenters. The van der Waals surface area contributed by atoms with Crippen LogP contribution in [-0.2, 0) is 11.4 Å². The third-order valence-corrected chi connectivity index (χ3v) is 4.01. The van der Waals surface area contributed by atoms with Crippen LogP contribution in [0.1, 0.15) is 43.6 Å². The van der Waals surface area contributed by atoms with Gasteiger partial charge in [-0.15, -0.1) is 5.10 Å². The fourth-order valence-electron chi connectivity index (χ4n) is 2.83. The summed E-state index contributed by atoms with van der Waals surface area (Å²) >= 11 is 0. The molecule has 0 radical (unpaired) electrons.